The first-order chi connectivity index (χ1) is 13.4. The molecule has 0 aromatic heterocycles. The molecule has 0 N–H and O–H groups in total. The maximum absolute atomic E-state index is 2.55. The van der Waals surface area contributed by atoms with Crippen molar-refractivity contribution >= 4 is 7.92 Å². The predicted molar refractivity (Wildman–Crippen MR) is 138 cm³/mol. The summed E-state index contributed by atoms with van der Waals surface area (Å²) in [6.07, 6.45) is 0. The lowest BCUT2D eigenvalue weighted by Crippen LogP contribution is -2.28. The van der Waals surface area contributed by atoms with Crippen LogP contribution in [0, 0.1) is 0 Å². The molecule has 1 aliphatic carbocycles. The van der Waals surface area contributed by atoms with Gasteiger partial charge in [-0.2, -0.15) is 0 Å². The lowest BCUT2D eigenvalue weighted by Gasteiger charge is -2.46. The van der Waals surface area contributed by atoms with Crippen LogP contribution in [0.25, 0.3) is 11.1 Å². The molecule has 1 aliphatic rings. The molecule has 2 aromatic carbocycles. The Bertz CT molecular complexity index is 859. The molecular formula is C29H43P. The van der Waals surface area contributed by atoms with E-state index < -0.39 is 0 Å². The van der Waals surface area contributed by atoms with Gasteiger partial charge >= 0.3 is 0 Å². The number of rotatable bonds is 1. The van der Waals surface area contributed by atoms with Gasteiger partial charge in [0.2, 0.25) is 0 Å². The van der Waals surface area contributed by atoms with E-state index in [1.807, 2.05) is 0 Å². The highest BCUT2D eigenvalue weighted by molar-refractivity contribution is 7.61. The van der Waals surface area contributed by atoms with Crippen molar-refractivity contribution < 1.29 is 0 Å². The van der Waals surface area contributed by atoms with E-state index in [1.165, 1.54) is 22.3 Å². The molecule has 1 heteroatoms. The average Bonchev–Trinajstić information content (AvgIpc) is 2.84. The van der Waals surface area contributed by atoms with E-state index in [-0.39, 0.29) is 29.1 Å². The lowest BCUT2D eigenvalue weighted by molar-refractivity contribution is 0.589. The molecule has 0 atom stereocenters. The smallest absolute Gasteiger partial charge is 0.0313 e. The summed E-state index contributed by atoms with van der Waals surface area (Å²) in [5.74, 6) is 0. The molecule has 0 heterocycles. The molecule has 0 amide bonds. The van der Waals surface area contributed by atoms with Crippen LogP contribution in [-0.4, -0.2) is 10.3 Å². The Morgan fingerprint density at radius 3 is 1.13 bits per heavy atom. The standard InChI is InChI=1S/C29H43P/c1-26(2,3)19-13-15-21-22-16-14-20(27(4,5)6)18-24(22)25(23(21)17-19)30(28(7,8)9)29(10,11)12/h13-18,25H,1-12H3. The van der Waals surface area contributed by atoms with Crippen LogP contribution in [0.15, 0.2) is 36.4 Å². The third kappa shape index (κ3) is 4.27. The summed E-state index contributed by atoms with van der Waals surface area (Å²) in [4.78, 5) is 0. The molecule has 164 valence electrons. The van der Waals surface area contributed by atoms with Crippen molar-refractivity contribution in [3.05, 3.63) is 58.7 Å². The zero-order valence-electron chi connectivity index (χ0n) is 21.5. The Labute approximate surface area is 187 Å². The summed E-state index contributed by atoms with van der Waals surface area (Å²) >= 11 is 0. The van der Waals surface area contributed by atoms with Crippen molar-refractivity contribution in [3.63, 3.8) is 0 Å². The van der Waals surface area contributed by atoms with Gasteiger partial charge in [-0.25, -0.2) is 0 Å². The minimum Gasteiger partial charge on any atom is -0.0833 e. The molecule has 0 saturated heterocycles. The molecule has 0 nitrogen and oxygen atoms in total. The predicted octanol–water partition coefficient (Wildman–Crippen LogP) is 9.43. The van der Waals surface area contributed by atoms with Crippen molar-refractivity contribution in [2.45, 2.75) is 110 Å². The van der Waals surface area contributed by atoms with Gasteiger partial charge in [0.25, 0.3) is 0 Å². The zero-order chi connectivity index (χ0) is 22.9. The summed E-state index contributed by atoms with van der Waals surface area (Å²) < 4.78 is 0. The normalized spacial score (nSPS) is 15.5. The van der Waals surface area contributed by atoms with Crippen molar-refractivity contribution in [1.29, 1.82) is 0 Å². The Morgan fingerprint density at radius 2 is 0.867 bits per heavy atom. The quantitative estimate of drug-likeness (QED) is 0.401. The minimum absolute atomic E-state index is 0.164. The van der Waals surface area contributed by atoms with Gasteiger partial charge in [-0.3, -0.25) is 0 Å². The van der Waals surface area contributed by atoms with Crippen LogP contribution in [-0.2, 0) is 10.8 Å². The molecule has 0 fully saturated rings. The Hall–Kier alpha value is -1.13. The highest BCUT2D eigenvalue weighted by atomic mass is 31.1. The van der Waals surface area contributed by atoms with Crippen molar-refractivity contribution in [1.82, 2.24) is 0 Å². The number of benzene rings is 2. The summed E-state index contributed by atoms with van der Waals surface area (Å²) in [6.45, 7) is 28.8. The second-order valence-corrected chi connectivity index (χ2v) is 17.2. The fourth-order valence-electron chi connectivity index (χ4n) is 5.23. The van der Waals surface area contributed by atoms with E-state index >= 15 is 0 Å². The largest absolute Gasteiger partial charge is 0.0833 e. The number of hydrogen-bond acceptors (Lipinski definition) is 0. The zero-order valence-corrected chi connectivity index (χ0v) is 22.4. The van der Waals surface area contributed by atoms with E-state index in [0.717, 1.165) is 0 Å². The van der Waals surface area contributed by atoms with Crippen molar-refractivity contribution in [2.75, 3.05) is 0 Å². The van der Waals surface area contributed by atoms with Crippen molar-refractivity contribution in [2.24, 2.45) is 0 Å². The third-order valence-corrected chi connectivity index (χ3v) is 10.4. The second kappa shape index (κ2) is 7.20. The highest BCUT2D eigenvalue weighted by Crippen LogP contribution is 2.73. The third-order valence-electron chi connectivity index (χ3n) is 6.42. The fraction of sp³-hybridized carbons (Fsp3) is 0.586. The second-order valence-electron chi connectivity index (χ2n) is 13.2. The first kappa shape index (κ1) is 23.5. The molecule has 30 heavy (non-hydrogen) atoms. The van der Waals surface area contributed by atoms with Gasteiger partial charge in [0.1, 0.15) is 0 Å². The van der Waals surface area contributed by atoms with Gasteiger partial charge in [-0.1, -0.05) is 127 Å². The molecule has 3 rings (SSSR count). The molecule has 0 spiro atoms. The van der Waals surface area contributed by atoms with Crippen LogP contribution in [0.2, 0.25) is 0 Å². The molecule has 2 aromatic rings. The highest BCUT2D eigenvalue weighted by Gasteiger charge is 2.45. The van der Waals surface area contributed by atoms with E-state index in [4.69, 9.17) is 0 Å². The molecule has 0 radical (unpaired) electrons. The topological polar surface area (TPSA) is 0 Å². The first-order valence-corrected chi connectivity index (χ1v) is 12.9. The molecular weight excluding hydrogens is 379 g/mol. The first-order valence-electron chi connectivity index (χ1n) is 11.5. The van der Waals surface area contributed by atoms with Crippen LogP contribution in [0.4, 0.5) is 0 Å². The van der Waals surface area contributed by atoms with E-state index in [0.29, 0.717) is 5.66 Å². The van der Waals surface area contributed by atoms with Gasteiger partial charge in [0, 0.05) is 5.66 Å². The van der Waals surface area contributed by atoms with Crippen LogP contribution >= 0.6 is 7.92 Å². The lowest BCUT2D eigenvalue weighted by atomic mass is 9.85. The van der Waals surface area contributed by atoms with Crippen LogP contribution in [0.5, 0.6) is 0 Å². The van der Waals surface area contributed by atoms with Gasteiger partial charge < -0.3 is 0 Å². The van der Waals surface area contributed by atoms with Gasteiger partial charge in [-0.15, -0.1) is 0 Å². The number of fused-ring (bicyclic) bond motifs is 3. The van der Waals surface area contributed by atoms with Crippen LogP contribution in [0.1, 0.15) is 111 Å². The van der Waals surface area contributed by atoms with Crippen LogP contribution in [0.3, 0.4) is 0 Å². The van der Waals surface area contributed by atoms with Crippen molar-refractivity contribution in [3.8, 4) is 11.1 Å². The number of hydrogen-bond donors (Lipinski definition) is 0. The molecule has 0 bridgehead atoms. The summed E-state index contributed by atoms with van der Waals surface area (Å²) in [6, 6.07) is 14.6. The Kier molecular flexibility index (Phi) is 5.65. The molecule has 0 unspecified atom stereocenters. The summed E-state index contributed by atoms with van der Waals surface area (Å²) in [5, 5.41) is 0.541. The van der Waals surface area contributed by atoms with E-state index in [1.54, 1.807) is 11.1 Å². The fourth-order valence-corrected chi connectivity index (χ4v) is 9.77. The van der Waals surface area contributed by atoms with Crippen LogP contribution < -0.4 is 0 Å². The minimum atomic E-state index is -0.314. The molecule has 0 saturated carbocycles. The van der Waals surface area contributed by atoms with Gasteiger partial charge in [0.15, 0.2) is 0 Å². The molecule has 0 aliphatic heterocycles. The SMILES string of the molecule is CC(C)(C)c1ccc2c(c1)C(P(C(C)(C)C)C(C)(C)C)c1cc(C(C)(C)C)ccc1-2. The average molecular weight is 423 g/mol. The van der Waals surface area contributed by atoms with E-state index in [2.05, 4.69) is 119 Å². The summed E-state index contributed by atoms with van der Waals surface area (Å²) in [5.41, 5.74) is 9.79. The Morgan fingerprint density at radius 1 is 0.533 bits per heavy atom. The van der Waals surface area contributed by atoms with Gasteiger partial charge in [0.05, 0.1) is 0 Å². The van der Waals surface area contributed by atoms with Gasteiger partial charge in [-0.05, 0) is 54.5 Å². The maximum Gasteiger partial charge on any atom is 0.0313 e. The monoisotopic (exact) mass is 422 g/mol. The summed E-state index contributed by atoms with van der Waals surface area (Å²) in [7, 11) is -0.314. The van der Waals surface area contributed by atoms with E-state index in [9.17, 15) is 0 Å². The maximum atomic E-state index is 2.55. The Balaban J connectivity index is 2.35.